The van der Waals surface area contributed by atoms with Gasteiger partial charge in [0.1, 0.15) is 0 Å². The van der Waals surface area contributed by atoms with Crippen molar-refractivity contribution < 1.29 is 9.47 Å². The average molecular weight is 245 g/mol. The number of aromatic nitrogens is 2. The summed E-state index contributed by atoms with van der Waals surface area (Å²) in [6.07, 6.45) is 4.53. The van der Waals surface area contributed by atoms with Gasteiger partial charge in [-0.2, -0.15) is 0 Å². The predicted molar refractivity (Wildman–Crippen MR) is 66.7 cm³/mol. The standard InChI is InChI=1S/C13H15N3O2/c14-4-3-11-6-15-8-16(11)7-10-1-2-12-13(5-10)18-9-17-12/h1-2,5-6,8H,3-4,7,9,14H2. The number of nitrogens with two attached hydrogens (primary N) is 1. The van der Waals surface area contributed by atoms with Gasteiger partial charge in [-0.05, 0) is 24.2 Å². The average Bonchev–Trinajstić information content (AvgIpc) is 2.99. The molecule has 1 aliphatic rings. The van der Waals surface area contributed by atoms with Crippen molar-refractivity contribution in [1.29, 1.82) is 0 Å². The van der Waals surface area contributed by atoms with E-state index in [2.05, 4.69) is 9.55 Å². The highest BCUT2D eigenvalue weighted by Gasteiger charge is 2.13. The van der Waals surface area contributed by atoms with E-state index in [1.54, 1.807) is 0 Å². The van der Waals surface area contributed by atoms with Gasteiger partial charge in [0.15, 0.2) is 11.5 Å². The van der Waals surface area contributed by atoms with Crippen molar-refractivity contribution >= 4 is 0 Å². The Labute approximate surface area is 105 Å². The largest absolute Gasteiger partial charge is 0.454 e. The zero-order valence-electron chi connectivity index (χ0n) is 10.0. The lowest BCUT2D eigenvalue weighted by Gasteiger charge is -2.08. The van der Waals surface area contributed by atoms with Crippen LogP contribution in [0, 0.1) is 0 Å². The molecule has 18 heavy (non-hydrogen) atoms. The zero-order valence-corrected chi connectivity index (χ0v) is 10.0. The molecule has 94 valence electrons. The number of benzene rings is 1. The second-order valence-electron chi connectivity index (χ2n) is 4.24. The van der Waals surface area contributed by atoms with E-state index in [1.165, 1.54) is 0 Å². The van der Waals surface area contributed by atoms with Gasteiger partial charge in [-0.3, -0.25) is 0 Å². The fourth-order valence-corrected chi connectivity index (χ4v) is 2.08. The highest BCUT2D eigenvalue weighted by molar-refractivity contribution is 5.44. The molecule has 0 fully saturated rings. The molecule has 1 aliphatic heterocycles. The minimum Gasteiger partial charge on any atom is -0.454 e. The van der Waals surface area contributed by atoms with Gasteiger partial charge in [0.2, 0.25) is 6.79 Å². The van der Waals surface area contributed by atoms with Crippen LogP contribution in [-0.2, 0) is 13.0 Å². The molecule has 0 atom stereocenters. The minimum absolute atomic E-state index is 0.308. The third-order valence-corrected chi connectivity index (χ3v) is 2.99. The van der Waals surface area contributed by atoms with Crippen molar-refractivity contribution in [2.45, 2.75) is 13.0 Å². The van der Waals surface area contributed by atoms with Crippen LogP contribution in [0.25, 0.3) is 0 Å². The summed E-state index contributed by atoms with van der Waals surface area (Å²) in [6, 6.07) is 5.99. The fraction of sp³-hybridized carbons (Fsp3) is 0.308. The predicted octanol–water partition coefficient (Wildman–Crippen LogP) is 1.16. The van der Waals surface area contributed by atoms with E-state index in [1.807, 2.05) is 30.7 Å². The summed E-state index contributed by atoms with van der Waals surface area (Å²) in [5.41, 5.74) is 7.89. The molecule has 3 rings (SSSR count). The van der Waals surface area contributed by atoms with Crippen molar-refractivity contribution in [2.75, 3.05) is 13.3 Å². The zero-order chi connectivity index (χ0) is 12.4. The molecule has 2 heterocycles. The van der Waals surface area contributed by atoms with Gasteiger partial charge in [-0.15, -0.1) is 0 Å². The van der Waals surface area contributed by atoms with Crippen LogP contribution in [0.3, 0.4) is 0 Å². The number of imidazole rings is 1. The van der Waals surface area contributed by atoms with Gasteiger partial charge < -0.3 is 19.8 Å². The lowest BCUT2D eigenvalue weighted by atomic mass is 10.2. The highest BCUT2D eigenvalue weighted by atomic mass is 16.7. The van der Waals surface area contributed by atoms with E-state index in [0.717, 1.165) is 35.7 Å². The van der Waals surface area contributed by atoms with Gasteiger partial charge in [-0.1, -0.05) is 6.07 Å². The number of nitrogens with zero attached hydrogens (tertiary/aromatic N) is 2. The first-order chi connectivity index (χ1) is 8.86. The van der Waals surface area contributed by atoms with E-state index in [9.17, 15) is 0 Å². The third kappa shape index (κ3) is 2.04. The Morgan fingerprint density at radius 2 is 2.17 bits per heavy atom. The molecule has 1 aromatic heterocycles. The third-order valence-electron chi connectivity index (χ3n) is 2.99. The van der Waals surface area contributed by atoms with E-state index in [0.29, 0.717) is 13.3 Å². The summed E-state index contributed by atoms with van der Waals surface area (Å²) < 4.78 is 12.8. The molecule has 0 unspecified atom stereocenters. The highest BCUT2D eigenvalue weighted by Crippen LogP contribution is 2.32. The maximum Gasteiger partial charge on any atom is 0.231 e. The maximum absolute atomic E-state index is 5.58. The van der Waals surface area contributed by atoms with E-state index < -0.39 is 0 Å². The van der Waals surface area contributed by atoms with Crippen molar-refractivity contribution in [1.82, 2.24) is 9.55 Å². The Morgan fingerprint density at radius 1 is 1.28 bits per heavy atom. The molecule has 0 saturated carbocycles. The van der Waals surface area contributed by atoms with Gasteiger partial charge in [0, 0.05) is 24.9 Å². The van der Waals surface area contributed by atoms with Crippen molar-refractivity contribution in [3.8, 4) is 11.5 Å². The summed E-state index contributed by atoms with van der Waals surface area (Å²) in [7, 11) is 0. The number of ether oxygens (including phenoxy) is 2. The quantitative estimate of drug-likeness (QED) is 0.878. The van der Waals surface area contributed by atoms with Gasteiger partial charge in [0.25, 0.3) is 0 Å². The first-order valence-electron chi connectivity index (χ1n) is 5.94. The molecule has 0 aliphatic carbocycles. The summed E-state index contributed by atoms with van der Waals surface area (Å²) in [4.78, 5) is 4.16. The lowest BCUT2D eigenvalue weighted by Crippen LogP contribution is -2.09. The number of fused-ring (bicyclic) bond motifs is 1. The molecule has 0 bridgehead atoms. The van der Waals surface area contributed by atoms with Crippen molar-refractivity contribution in [3.63, 3.8) is 0 Å². The second kappa shape index (κ2) is 4.70. The first kappa shape index (κ1) is 11.1. The van der Waals surface area contributed by atoms with Crippen LogP contribution in [0.1, 0.15) is 11.3 Å². The molecular weight excluding hydrogens is 230 g/mol. The van der Waals surface area contributed by atoms with Crippen molar-refractivity contribution in [2.24, 2.45) is 5.73 Å². The number of rotatable bonds is 4. The van der Waals surface area contributed by atoms with E-state index in [-0.39, 0.29) is 0 Å². The molecule has 0 radical (unpaired) electrons. The molecule has 5 nitrogen and oxygen atoms in total. The lowest BCUT2D eigenvalue weighted by molar-refractivity contribution is 0.174. The monoisotopic (exact) mass is 245 g/mol. The van der Waals surface area contributed by atoms with Crippen LogP contribution >= 0.6 is 0 Å². The van der Waals surface area contributed by atoms with Crippen molar-refractivity contribution in [3.05, 3.63) is 42.0 Å². The second-order valence-corrected chi connectivity index (χ2v) is 4.24. The Bertz CT molecular complexity index is 551. The topological polar surface area (TPSA) is 62.3 Å². The normalized spacial score (nSPS) is 12.9. The summed E-state index contributed by atoms with van der Waals surface area (Å²) >= 11 is 0. The van der Waals surface area contributed by atoms with Crippen LogP contribution in [-0.4, -0.2) is 22.9 Å². The minimum atomic E-state index is 0.308. The molecule has 2 aromatic rings. The summed E-state index contributed by atoms with van der Waals surface area (Å²) in [5, 5.41) is 0. The first-order valence-corrected chi connectivity index (χ1v) is 5.94. The van der Waals surface area contributed by atoms with E-state index >= 15 is 0 Å². The molecule has 5 heteroatoms. The molecule has 0 amide bonds. The Kier molecular flexibility index (Phi) is 2.90. The molecule has 1 aromatic carbocycles. The van der Waals surface area contributed by atoms with Crippen LogP contribution in [0.15, 0.2) is 30.7 Å². The molecule has 0 saturated heterocycles. The molecule has 2 N–H and O–H groups in total. The smallest absolute Gasteiger partial charge is 0.231 e. The Morgan fingerprint density at radius 3 is 3.06 bits per heavy atom. The van der Waals surface area contributed by atoms with Gasteiger partial charge >= 0.3 is 0 Å². The summed E-state index contributed by atoms with van der Waals surface area (Å²) in [5.74, 6) is 1.62. The molecule has 0 spiro atoms. The summed E-state index contributed by atoms with van der Waals surface area (Å²) in [6.45, 7) is 1.71. The number of hydrogen-bond donors (Lipinski definition) is 1. The van der Waals surface area contributed by atoms with E-state index in [4.69, 9.17) is 15.2 Å². The Balaban J connectivity index is 1.81. The number of hydrogen-bond acceptors (Lipinski definition) is 4. The SMILES string of the molecule is NCCc1cncn1Cc1ccc2c(c1)OCO2. The van der Waals surface area contributed by atoms with Gasteiger partial charge in [-0.25, -0.2) is 4.98 Å². The van der Waals surface area contributed by atoms with Crippen LogP contribution in [0.4, 0.5) is 0 Å². The van der Waals surface area contributed by atoms with Crippen LogP contribution in [0.5, 0.6) is 11.5 Å². The fourth-order valence-electron chi connectivity index (χ4n) is 2.08. The molecular formula is C13H15N3O2. The maximum atomic E-state index is 5.58. The van der Waals surface area contributed by atoms with Crippen LogP contribution in [0.2, 0.25) is 0 Å². The van der Waals surface area contributed by atoms with Gasteiger partial charge in [0.05, 0.1) is 6.33 Å². The van der Waals surface area contributed by atoms with Crippen LogP contribution < -0.4 is 15.2 Å². The Hall–Kier alpha value is -2.01.